The zero-order chi connectivity index (χ0) is 15.3. The number of rotatable bonds is 6. The molecule has 0 aliphatic rings. The molecule has 1 atom stereocenters. The fourth-order valence-electron chi connectivity index (χ4n) is 1.73. The van der Waals surface area contributed by atoms with Crippen LogP contribution in [-0.4, -0.2) is 34.7 Å². The third-order valence-corrected chi connectivity index (χ3v) is 3.94. The molecule has 1 aromatic rings. The molecule has 0 spiro atoms. The first-order valence-electron chi connectivity index (χ1n) is 6.34. The minimum Gasteiger partial charge on any atom is -0.357 e. The number of hydrogen-bond acceptors (Lipinski definition) is 5. The highest BCUT2D eigenvalue weighted by molar-refractivity contribution is 7.99. The van der Waals surface area contributed by atoms with E-state index in [-0.39, 0.29) is 5.71 Å². The molecule has 0 fully saturated rings. The van der Waals surface area contributed by atoms with Gasteiger partial charge in [0, 0.05) is 17.2 Å². The lowest BCUT2D eigenvalue weighted by Gasteiger charge is -2.26. The van der Waals surface area contributed by atoms with Crippen molar-refractivity contribution in [1.29, 1.82) is 5.41 Å². The van der Waals surface area contributed by atoms with Crippen LogP contribution in [0.25, 0.3) is 0 Å². The molecule has 0 saturated carbocycles. The third-order valence-electron chi connectivity index (χ3n) is 2.92. The number of likely N-dealkylation sites (N-methyl/N-ethyl adjacent to an activating group) is 1. The Morgan fingerprint density at radius 3 is 2.30 bits per heavy atom. The lowest BCUT2D eigenvalue weighted by Crippen LogP contribution is -2.58. The van der Waals surface area contributed by atoms with Gasteiger partial charge in [0.2, 0.25) is 5.91 Å². The predicted octanol–water partition coefficient (Wildman–Crippen LogP) is 2.04. The Morgan fingerprint density at radius 2 is 1.90 bits per heavy atom. The number of carbonyl (C=O) groups is 1. The van der Waals surface area contributed by atoms with Gasteiger partial charge in [0.05, 0.1) is 5.71 Å². The van der Waals surface area contributed by atoms with Crippen molar-refractivity contribution in [3.05, 3.63) is 29.8 Å². The monoisotopic (exact) mass is 295 g/mol. The van der Waals surface area contributed by atoms with Crippen LogP contribution in [0, 0.1) is 5.41 Å². The average molecular weight is 295 g/mol. The summed E-state index contributed by atoms with van der Waals surface area (Å²) in [6, 6.07) is 7.39. The van der Waals surface area contributed by atoms with E-state index in [4.69, 9.17) is 5.41 Å². The summed E-state index contributed by atoms with van der Waals surface area (Å²) in [6.45, 7) is 5.68. The van der Waals surface area contributed by atoms with Crippen LogP contribution < -0.4 is 10.8 Å². The summed E-state index contributed by atoms with van der Waals surface area (Å²) in [4.78, 5) is 12.9. The van der Waals surface area contributed by atoms with Crippen molar-refractivity contribution in [2.75, 3.05) is 7.05 Å². The van der Waals surface area contributed by atoms with Crippen molar-refractivity contribution < 1.29 is 10.0 Å². The molecule has 4 N–H and O–H groups in total. The molecule has 6 heteroatoms. The van der Waals surface area contributed by atoms with Gasteiger partial charge in [-0.05, 0) is 24.6 Å². The average Bonchev–Trinajstić information content (AvgIpc) is 2.45. The van der Waals surface area contributed by atoms with E-state index >= 15 is 0 Å². The largest absolute Gasteiger partial charge is 0.357 e. The molecule has 0 radical (unpaired) electrons. The Kier molecular flexibility index (Phi) is 5.74. The first-order valence-corrected chi connectivity index (χ1v) is 7.22. The normalized spacial score (nSPS) is 13.9. The van der Waals surface area contributed by atoms with E-state index in [0.29, 0.717) is 10.8 Å². The molecule has 0 heterocycles. The molecule has 5 nitrogen and oxygen atoms in total. The second-order valence-corrected chi connectivity index (χ2v) is 6.53. The summed E-state index contributed by atoms with van der Waals surface area (Å²) in [5.74, 6) is -0.467. The standard InChI is InChI=1S/C14H21N3O2S/c1-9(2)20-11-7-5-10(6-8-11)12(15)14(3,17-19)13(18)16-4/h5-9,15,17,19H,1-4H3,(H,16,18). The number of carbonyl (C=O) groups excluding carboxylic acids is 1. The summed E-state index contributed by atoms with van der Waals surface area (Å²) in [6.07, 6.45) is 0. The number of benzene rings is 1. The summed E-state index contributed by atoms with van der Waals surface area (Å²) >= 11 is 1.73. The number of amides is 1. The topological polar surface area (TPSA) is 85.2 Å². The molecule has 1 amide bonds. The van der Waals surface area contributed by atoms with Gasteiger partial charge in [0.15, 0.2) is 5.54 Å². The smallest absolute Gasteiger partial charge is 0.248 e. The van der Waals surface area contributed by atoms with Gasteiger partial charge in [-0.2, -0.15) is 5.48 Å². The number of thioether (sulfide) groups is 1. The Hall–Kier alpha value is -1.37. The zero-order valence-corrected chi connectivity index (χ0v) is 13.0. The lowest BCUT2D eigenvalue weighted by molar-refractivity contribution is -0.127. The number of hydroxylamine groups is 1. The van der Waals surface area contributed by atoms with E-state index in [1.807, 2.05) is 17.6 Å². The fourth-order valence-corrected chi connectivity index (χ4v) is 2.57. The SMILES string of the molecule is CNC(=O)C(C)(NO)C(=N)c1ccc(SC(C)C)cc1. The summed E-state index contributed by atoms with van der Waals surface area (Å²) in [5.41, 5.74) is 1.06. The quantitative estimate of drug-likeness (QED) is 0.367. The van der Waals surface area contributed by atoms with Crippen LogP contribution in [0.4, 0.5) is 0 Å². The minimum atomic E-state index is -1.47. The highest BCUT2D eigenvalue weighted by Crippen LogP contribution is 2.24. The summed E-state index contributed by atoms with van der Waals surface area (Å²) in [7, 11) is 1.47. The molecule has 1 unspecified atom stereocenters. The first kappa shape index (κ1) is 16.7. The molecular formula is C14H21N3O2S. The zero-order valence-electron chi connectivity index (χ0n) is 12.2. The molecule has 1 aromatic carbocycles. The van der Waals surface area contributed by atoms with Gasteiger partial charge in [-0.25, -0.2) is 0 Å². The number of nitrogens with one attached hydrogen (secondary N) is 3. The summed E-state index contributed by atoms with van der Waals surface area (Å²) < 4.78 is 0. The van der Waals surface area contributed by atoms with Crippen molar-refractivity contribution in [3.63, 3.8) is 0 Å². The van der Waals surface area contributed by atoms with Crippen molar-refractivity contribution in [3.8, 4) is 0 Å². The fraction of sp³-hybridized carbons (Fsp3) is 0.429. The van der Waals surface area contributed by atoms with Gasteiger partial charge < -0.3 is 15.9 Å². The maximum absolute atomic E-state index is 11.8. The molecule has 20 heavy (non-hydrogen) atoms. The van der Waals surface area contributed by atoms with Crippen molar-refractivity contribution in [1.82, 2.24) is 10.8 Å². The highest BCUT2D eigenvalue weighted by atomic mass is 32.2. The Labute approximate surface area is 123 Å². The molecule has 0 aliphatic carbocycles. The molecule has 0 bridgehead atoms. The predicted molar refractivity (Wildman–Crippen MR) is 81.7 cm³/mol. The Bertz CT molecular complexity index is 488. The van der Waals surface area contributed by atoms with Gasteiger partial charge in [0.25, 0.3) is 0 Å². The van der Waals surface area contributed by atoms with E-state index in [2.05, 4.69) is 19.2 Å². The summed E-state index contributed by atoms with van der Waals surface area (Å²) in [5, 5.41) is 20.3. The van der Waals surface area contributed by atoms with E-state index in [1.165, 1.54) is 14.0 Å². The first-order chi connectivity index (χ1) is 9.35. The van der Waals surface area contributed by atoms with Gasteiger partial charge in [-0.3, -0.25) is 4.79 Å². The lowest BCUT2D eigenvalue weighted by atomic mass is 9.90. The highest BCUT2D eigenvalue weighted by Gasteiger charge is 2.37. The van der Waals surface area contributed by atoms with Gasteiger partial charge in [-0.15, -0.1) is 11.8 Å². The van der Waals surface area contributed by atoms with Crippen LogP contribution in [0.3, 0.4) is 0 Å². The van der Waals surface area contributed by atoms with E-state index in [0.717, 1.165) is 4.90 Å². The van der Waals surface area contributed by atoms with Gasteiger partial charge in [0.1, 0.15) is 0 Å². The second-order valence-electron chi connectivity index (χ2n) is 4.88. The molecular weight excluding hydrogens is 274 g/mol. The molecule has 0 aliphatic heterocycles. The molecule has 1 rings (SSSR count). The van der Waals surface area contributed by atoms with Crippen LogP contribution >= 0.6 is 11.8 Å². The van der Waals surface area contributed by atoms with Crippen molar-refractivity contribution >= 4 is 23.4 Å². The van der Waals surface area contributed by atoms with Crippen molar-refractivity contribution in [2.24, 2.45) is 0 Å². The molecule has 0 saturated heterocycles. The van der Waals surface area contributed by atoms with E-state index in [1.54, 1.807) is 23.9 Å². The van der Waals surface area contributed by atoms with Gasteiger partial charge >= 0.3 is 0 Å². The maximum atomic E-state index is 11.8. The molecule has 110 valence electrons. The van der Waals surface area contributed by atoms with Crippen LogP contribution in [0.1, 0.15) is 26.3 Å². The van der Waals surface area contributed by atoms with Crippen LogP contribution in [0.15, 0.2) is 29.2 Å². The Balaban J connectivity index is 2.99. The maximum Gasteiger partial charge on any atom is 0.248 e. The third kappa shape index (κ3) is 3.59. The van der Waals surface area contributed by atoms with Crippen LogP contribution in [0.5, 0.6) is 0 Å². The van der Waals surface area contributed by atoms with Crippen LogP contribution in [0.2, 0.25) is 0 Å². The number of hydrogen-bond donors (Lipinski definition) is 4. The van der Waals surface area contributed by atoms with Crippen molar-refractivity contribution in [2.45, 2.75) is 36.5 Å². The Morgan fingerprint density at radius 1 is 1.35 bits per heavy atom. The minimum absolute atomic E-state index is 0.0143. The second kappa shape index (κ2) is 6.88. The van der Waals surface area contributed by atoms with Crippen LogP contribution in [-0.2, 0) is 4.79 Å². The van der Waals surface area contributed by atoms with E-state index < -0.39 is 11.4 Å². The van der Waals surface area contributed by atoms with Gasteiger partial charge in [-0.1, -0.05) is 26.0 Å². The molecule has 0 aromatic heterocycles. The van der Waals surface area contributed by atoms with E-state index in [9.17, 15) is 10.0 Å².